The third-order valence-electron chi connectivity index (χ3n) is 5.08. The average Bonchev–Trinajstić information content (AvgIpc) is 2.67. The second-order valence-electron chi connectivity index (χ2n) is 8.44. The minimum absolute atomic E-state index is 0.0386. The summed E-state index contributed by atoms with van der Waals surface area (Å²) in [6.07, 6.45) is 3.60. The number of nitrogens with two attached hydrogens (primary N) is 1. The van der Waals surface area contributed by atoms with E-state index >= 15 is 0 Å². The second kappa shape index (κ2) is 8.55. The van der Waals surface area contributed by atoms with Gasteiger partial charge in [0.15, 0.2) is 6.61 Å². The lowest BCUT2D eigenvalue weighted by Crippen LogP contribution is -2.31. The Labute approximate surface area is 167 Å². The van der Waals surface area contributed by atoms with E-state index in [1.165, 1.54) is 24.8 Å². The summed E-state index contributed by atoms with van der Waals surface area (Å²) in [4.78, 5) is 14.8. The van der Waals surface area contributed by atoms with E-state index in [1.807, 2.05) is 42.5 Å². The van der Waals surface area contributed by atoms with E-state index in [-0.39, 0.29) is 17.9 Å². The van der Waals surface area contributed by atoms with Gasteiger partial charge in [0.25, 0.3) is 5.91 Å². The summed E-state index contributed by atoms with van der Waals surface area (Å²) in [5, 5.41) is 2.97. The van der Waals surface area contributed by atoms with Crippen LogP contribution in [-0.4, -0.2) is 25.6 Å². The molecule has 1 aliphatic heterocycles. The third kappa shape index (κ3) is 5.18. The van der Waals surface area contributed by atoms with Crippen LogP contribution in [0.3, 0.4) is 0 Å². The zero-order valence-corrected chi connectivity index (χ0v) is 17.1. The predicted molar refractivity (Wildman–Crippen MR) is 116 cm³/mol. The van der Waals surface area contributed by atoms with Crippen molar-refractivity contribution in [3.8, 4) is 5.75 Å². The highest BCUT2D eigenvalue weighted by Crippen LogP contribution is 2.30. The van der Waals surface area contributed by atoms with Crippen molar-refractivity contribution in [2.45, 2.75) is 45.4 Å². The van der Waals surface area contributed by atoms with E-state index in [0.717, 1.165) is 24.5 Å². The number of hydrogen-bond acceptors (Lipinski definition) is 4. The van der Waals surface area contributed by atoms with Gasteiger partial charge in [-0.3, -0.25) is 4.79 Å². The fourth-order valence-electron chi connectivity index (χ4n) is 3.45. The molecular formula is C23H31N3O2. The Balaban J connectivity index is 1.62. The van der Waals surface area contributed by atoms with Gasteiger partial charge in [-0.05, 0) is 60.6 Å². The zero-order chi connectivity index (χ0) is 20.1. The molecule has 1 heterocycles. The minimum atomic E-state index is -0.191. The summed E-state index contributed by atoms with van der Waals surface area (Å²) < 4.78 is 5.67. The van der Waals surface area contributed by atoms with Crippen molar-refractivity contribution in [1.29, 1.82) is 0 Å². The van der Waals surface area contributed by atoms with Crippen LogP contribution < -0.4 is 20.7 Å². The lowest BCUT2D eigenvalue weighted by atomic mass is 9.87. The Kier molecular flexibility index (Phi) is 6.12. The molecule has 0 aromatic heterocycles. The number of hydrogen-bond donors (Lipinski definition) is 2. The minimum Gasteiger partial charge on any atom is -0.484 e. The molecule has 0 radical (unpaired) electrons. The maximum atomic E-state index is 12.5. The van der Waals surface area contributed by atoms with Gasteiger partial charge in [-0.2, -0.15) is 0 Å². The summed E-state index contributed by atoms with van der Waals surface area (Å²) in [5.41, 5.74) is 9.68. The summed E-state index contributed by atoms with van der Waals surface area (Å²) in [6.45, 7) is 8.47. The summed E-state index contributed by atoms with van der Waals surface area (Å²) in [6, 6.07) is 13.6. The SMILES string of the molecule is CC(C)(C)c1ccc(OCC(=O)Nc2cc(N)ccc2N2CCCCC2)cc1. The van der Waals surface area contributed by atoms with Gasteiger partial charge < -0.3 is 20.7 Å². The molecule has 2 aromatic rings. The Hall–Kier alpha value is -2.69. The Bertz CT molecular complexity index is 804. The number of amides is 1. The van der Waals surface area contributed by atoms with Gasteiger partial charge in [0.1, 0.15) is 5.75 Å². The molecule has 0 spiro atoms. The molecular weight excluding hydrogens is 350 g/mol. The number of anilines is 3. The number of carbonyl (C=O) groups excluding carboxylic acids is 1. The first-order valence-corrected chi connectivity index (χ1v) is 10.0. The van der Waals surface area contributed by atoms with Crippen LogP contribution in [0.4, 0.5) is 17.1 Å². The standard InChI is InChI=1S/C23H31N3O2/c1-23(2,3)17-7-10-19(11-8-17)28-16-22(27)25-20-15-18(24)9-12-21(20)26-13-5-4-6-14-26/h7-12,15H,4-6,13-14,16,24H2,1-3H3,(H,25,27). The molecule has 28 heavy (non-hydrogen) atoms. The third-order valence-corrected chi connectivity index (χ3v) is 5.08. The number of rotatable bonds is 5. The topological polar surface area (TPSA) is 67.6 Å². The van der Waals surface area contributed by atoms with Crippen molar-refractivity contribution in [1.82, 2.24) is 0 Å². The van der Waals surface area contributed by atoms with Crippen LogP contribution in [0.1, 0.15) is 45.6 Å². The molecule has 0 atom stereocenters. The van der Waals surface area contributed by atoms with Crippen LogP contribution in [0, 0.1) is 0 Å². The quantitative estimate of drug-likeness (QED) is 0.744. The van der Waals surface area contributed by atoms with Crippen molar-refractivity contribution >= 4 is 23.0 Å². The van der Waals surface area contributed by atoms with E-state index in [1.54, 1.807) is 0 Å². The first-order chi connectivity index (χ1) is 13.3. The lowest BCUT2D eigenvalue weighted by Gasteiger charge is -2.30. The zero-order valence-electron chi connectivity index (χ0n) is 17.1. The summed E-state index contributed by atoms with van der Waals surface area (Å²) in [5.74, 6) is 0.496. The smallest absolute Gasteiger partial charge is 0.262 e. The maximum Gasteiger partial charge on any atom is 0.262 e. The molecule has 5 heteroatoms. The molecule has 150 valence electrons. The van der Waals surface area contributed by atoms with Gasteiger partial charge in [0, 0.05) is 18.8 Å². The normalized spacial score (nSPS) is 14.6. The molecule has 0 saturated carbocycles. The van der Waals surface area contributed by atoms with Crippen molar-refractivity contribution in [2.75, 3.05) is 35.6 Å². The molecule has 3 rings (SSSR count). The monoisotopic (exact) mass is 381 g/mol. The number of nitrogens with zero attached hydrogens (tertiary/aromatic N) is 1. The molecule has 1 aliphatic rings. The van der Waals surface area contributed by atoms with Crippen LogP contribution >= 0.6 is 0 Å². The van der Waals surface area contributed by atoms with Crippen molar-refractivity contribution in [3.05, 3.63) is 48.0 Å². The highest BCUT2D eigenvalue weighted by atomic mass is 16.5. The molecule has 0 aliphatic carbocycles. The number of benzene rings is 2. The molecule has 3 N–H and O–H groups in total. The van der Waals surface area contributed by atoms with E-state index in [9.17, 15) is 4.79 Å². The average molecular weight is 382 g/mol. The van der Waals surface area contributed by atoms with Gasteiger partial charge in [0.05, 0.1) is 11.4 Å². The van der Waals surface area contributed by atoms with E-state index in [0.29, 0.717) is 11.4 Å². The Morgan fingerprint density at radius 1 is 1.07 bits per heavy atom. The molecule has 5 nitrogen and oxygen atoms in total. The fraction of sp³-hybridized carbons (Fsp3) is 0.435. The maximum absolute atomic E-state index is 12.5. The van der Waals surface area contributed by atoms with Crippen LogP contribution in [-0.2, 0) is 10.2 Å². The van der Waals surface area contributed by atoms with Gasteiger partial charge in [0.2, 0.25) is 0 Å². The van der Waals surface area contributed by atoms with E-state index in [2.05, 4.69) is 31.0 Å². The van der Waals surface area contributed by atoms with Gasteiger partial charge in [-0.15, -0.1) is 0 Å². The Morgan fingerprint density at radius 2 is 1.75 bits per heavy atom. The number of piperidine rings is 1. The molecule has 1 saturated heterocycles. The van der Waals surface area contributed by atoms with E-state index < -0.39 is 0 Å². The molecule has 1 amide bonds. The molecule has 1 fully saturated rings. The van der Waals surface area contributed by atoms with Crippen molar-refractivity contribution in [2.24, 2.45) is 0 Å². The Morgan fingerprint density at radius 3 is 2.39 bits per heavy atom. The number of nitrogen functional groups attached to an aromatic ring is 1. The van der Waals surface area contributed by atoms with Crippen LogP contribution in [0.15, 0.2) is 42.5 Å². The second-order valence-corrected chi connectivity index (χ2v) is 8.44. The first kappa shape index (κ1) is 20.1. The summed E-state index contributed by atoms with van der Waals surface area (Å²) in [7, 11) is 0. The highest BCUT2D eigenvalue weighted by molar-refractivity contribution is 5.96. The largest absolute Gasteiger partial charge is 0.484 e. The van der Waals surface area contributed by atoms with Gasteiger partial charge in [-0.25, -0.2) is 0 Å². The van der Waals surface area contributed by atoms with Crippen molar-refractivity contribution < 1.29 is 9.53 Å². The molecule has 0 unspecified atom stereocenters. The lowest BCUT2D eigenvalue weighted by molar-refractivity contribution is -0.118. The van der Waals surface area contributed by atoms with E-state index in [4.69, 9.17) is 10.5 Å². The number of carbonyl (C=O) groups is 1. The van der Waals surface area contributed by atoms with Crippen LogP contribution in [0.5, 0.6) is 5.75 Å². The predicted octanol–water partition coefficient (Wildman–Crippen LogP) is 4.57. The molecule has 0 bridgehead atoms. The molecule has 2 aromatic carbocycles. The van der Waals surface area contributed by atoms with Gasteiger partial charge in [-0.1, -0.05) is 32.9 Å². The van der Waals surface area contributed by atoms with Gasteiger partial charge >= 0.3 is 0 Å². The van der Waals surface area contributed by atoms with Crippen molar-refractivity contribution in [3.63, 3.8) is 0 Å². The fourth-order valence-corrected chi connectivity index (χ4v) is 3.45. The number of ether oxygens (including phenoxy) is 1. The summed E-state index contributed by atoms with van der Waals surface area (Å²) >= 11 is 0. The van der Waals surface area contributed by atoms with Crippen LogP contribution in [0.2, 0.25) is 0 Å². The van der Waals surface area contributed by atoms with Crippen LogP contribution in [0.25, 0.3) is 0 Å². The number of nitrogens with one attached hydrogen (secondary N) is 1. The highest BCUT2D eigenvalue weighted by Gasteiger charge is 2.17. The first-order valence-electron chi connectivity index (χ1n) is 10.0.